The van der Waals surface area contributed by atoms with Crippen molar-refractivity contribution in [2.24, 2.45) is 4.99 Å². The van der Waals surface area contributed by atoms with Crippen LogP contribution in [0.4, 0.5) is 20.2 Å². The van der Waals surface area contributed by atoms with Crippen molar-refractivity contribution >= 4 is 40.9 Å². The molecule has 1 heterocycles. The number of rotatable bonds is 6. The van der Waals surface area contributed by atoms with E-state index in [9.17, 15) is 33.8 Å². The number of nitro groups is 2. The minimum absolute atomic E-state index is 0.120. The molecule has 0 saturated heterocycles. The molecule has 0 radical (unpaired) electrons. The third-order valence-electron chi connectivity index (χ3n) is 4.60. The molecule has 0 unspecified atom stereocenters. The summed E-state index contributed by atoms with van der Waals surface area (Å²) >= 11 is 5.90. The normalized spacial score (nSPS) is 14.0. The lowest BCUT2D eigenvalue weighted by Gasteiger charge is -2.07. The van der Waals surface area contributed by atoms with E-state index in [1.54, 1.807) is 6.07 Å². The van der Waals surface area contributed by atoms with E-state index in [1.165, 1.54) is 24.3 Å². The highest BCUT2D eigenvalue weighted by Gasteiger charge is 2.27. The summed E-state index contributed by atoms with van der Waals surface area (Å²) in [7, 11) is 0. The molecule has 176 valence electrons. The first-order chi connectivity index (χ1) is 16.6. The topological polar surface area (TPSA) is 134 Å². The second-order valence-electron chi connectivity index (χ2n) is 6.92. The zero-order valence-electron chi connectivity index (χ0n) is 17.1. The van der Waals surface area contributed by atoms with E-state index in [0.29, 0.717) is 5.56 Å². The van der Waals surface area contributed by atoms with Crippen molar-refractivity contribution in [1.82, 2.24) is 0 Å². The van der Waals surface area contributed by atoms with Gasteiger partial charge in [-0.15, -0.1) is 0 Å². The first-order valence-corrected chi connectivity index (χ1v) is 9.88. The molecule has 0 spiro atoms. The van der Waals surface area contributed by atoms with Crippen LogP contribution in [0.2, 0.25) is 5.02 Å². The van der Waals surface area contributed by atoms with Crippen LogP contribution in [0.1, 0.15) is 11.1 Å². The molecule has 0 aromatic heterocycles. The standard InChI is InChI=1S/C22H10ClF2N3O7/c23-15-10-17(25)16(24)9-14(15)21-26-18(22(29)35-21)7-11-2-1-3-13(6-11)34-20-5-4-12(27(30)31)8-19(20)28(32)33/h1-10H. The quantitative estimate of drug-likeness (QED) is 0.142. The minimum Gasteiger partial charge on any atom is -0.450 e. The van der Waals surface area contributed by atoms with Crippen LogP contribution in [0.3, 0.4) is 0 Å². The number of hydrogen-bond donors (Lipinski definition) is 0. The van der Waals surface area contributed by atoms with Gasteiger partial charge in [-0.25, -0.2) is 18.6 Å². The summed E-state index contributed by atoms with van der Waals surface area (Å²) in [5.74, 6) is -3.69. The van der Waals surface area contributed by atoms with E-state index in [-0.39, 0.29) is 33.7 Å². The molecule has 0 atom stereocenters. The minimum atomic E-state index is -1.20. The van der Waals surface area contributed by atoms with E-state index in [1.807, 2.05) is 0 Å². The van der Waals surface area contributed by atoms with Crippen LogP contribution >= 0.6 is 11.6 Å². The molecule has 0 amide bonds. The fourth-order valence-electron chi connectivity index (χ4n) is 3.01. The van der Waals surface area contributed by atoms with Gasteiger partial charge < -0.3 is 9.47 Å². The predicted octanol–water partition coefficient (Wildman–Crippen LogP) is 5.57. The van der Waals surface area contributed by atoms with Crippen molar-refractivity contribution in [2.45, 2.75) is 0 Å². The lowest BCUT2D eigenvalue weighted by Crippen LogP contribution is -2.07. The molecule has 10 nitrogen and oxygen atoms in total. The lowest BCUT2D eigenvalue weighted by atomic mass is 10.2. The Balaban J connectivity index is 1.63. The lowest BCUT2D eigenvalue weighted by molar-refractivity contribution is -0.394. The Kier molecular flexibility index (Phi) is 6.21. The summed E-state index contributed by atoms with van der Waals surface area (Å²) in [4.78, 5) is 36.8. The van der Waals surface area contributed by atoms with Gasteiger partial charge in [0.25, 0.3) is 5.69 Å². The Morgan fingerprint density at radius 1 is 1.00 bits per heavy atom. The first kappa shape index (κ1) is 23.4. The van der Waals surface area contributed by atoms with Crippen LogP contribution in [0.15, 0.2) is 65.3 Å². The number of nitrogens with zero attached hydrogens (tertiary/aromatic N) is 3. The molecule has 0 saturated carbocycles. The smallest absolute Gasteiger partial charge is 0.363 e. The molecular weight excluding hydrogens is 492 g/mol. The Labute approximate surface area is 199 Å². The maximum Gasteiger partial charge on any atom is 0.363 e. The van der Waals surface area contributed by atoms with Gasteiger partial charge in [-0.2, -0.15) is 0 Å². The zero-order chi connectivity index (χ0) is 25.3. The van der Waals surface area contributed by atoms with Gasteiger partial charge in [-0.3, -0.25) is 20.2 Å². The predicted molar refractivity (Wildman–Crippen MR) is 118 cm³/mol. The number of nitro benzene ring substituents is 2. The van der Waals surface area contributed by atoms with E-state index in [0.717, 1.165) is 30.3 Å². The van der Waals surface area contributed by atoms with Crippen LogP contribution in [0.5, 0.6) is 11.5 Å². The van der Waals surface area contributed by atoms with Gasteiger partial charge in [-0.05, 0) is 42.0 Å². The van der Waals surface area contributed by atoms with E-state index >= 15 is 0 Å². The van der Waals surface area contributed by atoms with Gasteiger partial charge in [-0.1, -0.05) is 23.7 Å². The third-order valence-corrected chi connectivity index (χ3v) is 4.91. The fraction of sp³-hybridized carbons (Fsp3) is 0. The number of carbonyl (C=O) groups excluding carboxylic acids is 1. The van der Waals surface area contributed by atoms with Crippen LogP contribution < -0.4 is 4.74 Å². The second kappa shape index (κ2) is 9.27. The summed E-state index contributed by atoms with van der Waals surface area (Å²) < 4.78 is 37.4. The van der Waals surface area contributed by atoms with Gasteiger partial charge in [0.1, 0.15) is 5.75 Å². The first-order valence-electron chi connectivity index (χ1n) is 9.50. The maximum atomic E-state index is 13.6. The second-order valence-corrected chi connectivity index (χ2v) is 7.33. The van der Waals surface area contributed by atoms with Crippen molar-refractivity contribution in [3.05, 3.63) is 108 Å². The monoisotopic (exact) mass is 501 g/mol. The number of cyclic esters (lactones) is 1. The Morgan fingerprint density at radius 2 is 1.74 bits per heavy atom. The summed E-state index contributed by atoms with van der Waals surface area (Å²) in [6.45, 7) is 0. The maximum absolute atomic E-state index is 13.6. The van der Waals surface area contributed by atoms with E-state index in [4.69, 9.17) is 21.1 Å². The molecule has 0 bridgehead atoms. The molecule has 1 aliphatic heterocycles. The Morgan fingerprint density at radius 3 is 2.46 bits per heavy atom. The number of hydrogen-bond acceptors (Lipinski definition) is 8. The van der Waals surface area contributed by atoms with Crippen LogP contribution in [-0.2, 0) is 9.53 Å². The fourth-order valence-corrected chi connectivity index (χ4v) is 3.24. The Bertz CT molecular complexity index is 1470. The molecule has 0 aliphatic carbocycles. The van der Waals surface area contributed by atoms with Crippen molar-refractivity contribution < 1.29 is 32.9 Å². The van der Waals surface area contributed by atoms with Gasteiger partial charge in [0.05, 0.1) is 26.5 Å². The average Bonchev–Trinajstić information content (AvgIpc) is 3.16. The van der Waals surface area contributed by atoms with Gasteiger partial charge >= 0.3 is 11.7 Å². The SMILES string of the molecule is O=C1OC(c2cc(F)c(F)cc2Cl)=NC1=Cc1cccc(Oc2ccc([N+](=O)[O-])cc2[N+](=O)[O-])c1. The van der Waals surface area contributed by atoms with Crippen molar-refractivity contribution in [2.75, 3.05) is 0 Å². The van der Waals surface area contributed by atoms with Crippen molar-refractivity contribution in [3.8, 4) is 11.5 Å². The number of non-ortho nitro benzene ring substituents is 1. The molecule has 13 heteroatoms. The summed E-state index contributed by atoms with van der Waals surface area (Å²) in [6, 6.07) is 10.4. The number of benzene rings is 3. The number of ether oxygens (including phenoxy) is 2. The van der Waals surface area contributed by atoms with Gasteiger partial charge in [0.2, 0.25) is 11.6 Å². The molecule has 0 N–H and O–H groups in total. The largest absolute Gasteiger partial charge is 0.450 e. The molecule has 3 aromatic carbocycles. The molecular formula is C22H10ClF2N3O7. The third kappa shape index (κ3) is 4.96. The number of esters is 1. The highest BCUT2D eigenvalue weighted by Crippen LogP contribution is 2.35. The molecule has 0 fully saturated rings. The molecule has 1 aliphatic rings. The van der Waals surface area contributed by atoms with Crippen molar-refractivity contribution in [3.63, 3.8) is 0 Å². The highest BCUT2D eigenvalue weighted by atomic mass is 35.5. The molecule has 3 aromatic rings. The average molecular weight is 502 g/mol. The van der Waals surface area contributed by atoms with E-state index in [2.05, 4.69) is 4.99 Å². The number of halogens is 3. The van der Waals surface area contributed by atoms with Gasteiger partial charge in [0.15, 0.2) is 17.3 Å². The van der Waals surface area contributed by atoms with E-state index < -0.39 is 38.8 Å². The molecule has 35 heavy (non-hydrogen) atoms. The van der Waals surface area contributed by atoms with Crippen molar-refractivity contribution in [1.29, 1.82) is 0 Å². The van der Waals surface area contributed by atoms with Crippen LogP contribution in [0, 0.1) is 31.9 Å². The summed E-state index contributed by atoms with van der Waals surface area (Å²) in [5, 5.41) is 22.0. The van der Waals surface area contributed by atoms with Crippen LogP contribution in [-0.4, -0.2) is 21.7 Å². The molecule has 4 rings (SSSR count). The summed E-state index contributed by atoms with van der Waals surface area (Å²) in [5.41, 5.74) is -1.01. The Hall–Kier alpha value is -4.71. The number of carbonyl (C=O) groups is 1. The highest BCUT2D eigenvalue weighted by molar-refractivity contribution is 6.34. The summed E-state index contributed by atoms with van der Waals surface area (Å²) in [6.07, 6.45) is 1.31. The zero-order valence-corrected chi connectivity index (χ0v) is 17.9. The number of aliphatic imine (C=N–C) groups is 1. The van der Waals surface area contributed by atoms with Gasteiger partial charge in [0, 0.05) is 6.07 Å². The van der Waals surface area contributed by atoms with Crippen LogP contribution in [0.25, 0.3) is 6.08 Å².